The Morgan fingerprint density at radius 3 is 2.50 bits per heavy atom. The fourth-order valence-electron chi connectivity index (χ4n) is 2.04. The van der Waals surface area contributed by atoms with Crippen LogP contribution in [0.2, 0.25) is 0 Å². The number of hydrogen-bond acceptors (Lipinski definition) is 2. The number of β-lactam (4-membered cyclic amide) rings is 1. The summed E-state index contributed by atoms with van der Waals surface area (Å²) in [6.07, 6.45) is 6.91. The summed E-state index contributed by atoms with van der Waals surface area (Å²) in [7, 11) is 0. The number of nitrogens with one attached hydrogen (secondary N) is 2. The Morgan fingerprint density at radius 2 is 2.00 bits per heavy atom. The minimum absolute atomic E-state index is 0.00200. The highest BCUT2D eigenvalue weighted by molar-refractivity contribution is 5.93. The largest absolute Gasteiger partial charge is 0.352 e. The minimum Gasteiger partial charge on any atom is -0.352 e. The van der Waals surface area contributed by atoms with Crippen molar-refractivity contribution >= 4 is 11.8 Å². The molecule has 104 valence electrons. The molecule has 0 saturated carbocycles. The monoisotopic (exact) mass is 254 g/mol. The van der Waals surface area contributed by atoms with Crippen LogP contribution in [0.25, 0.3) is 0 Å². The molecular weight excluding hydrogens is 228 g/mol. The van der Waals surface area contributed by atoms with Gasteiger partial charge in [-0.15, -0.1) is 0 Å². The normalized spacial score (nSPS) is 19.1. The highest BCUT2D eigenvalue weighted by Crippen LogP contribution is 2.24. The second kappa shape index (κ2) is 6.76. The van der Waals surface area contributed by atoms with Gasteiger partial charge in [-0.1, -0.05) is 52.9 Å². The van der Waals surface area contributed by atoms with Crippen LogP contribution in [0.3, 0.4) is 0 Å². The van der Waals surface area contributed by atoms with E-state index < -0.39 is 0 Å². The Kier molecular flexibility index (Phi) is 5.63. The van der Waals surface area contributed by atoms with Gasteiger partial charge in [0.1, 0.15) is 6.04 Å². The lowest BCUT2D eigenvalue weighted by Gasteiger charge is -2.31. The van der Waals surface area contributed by atoms with Gasteiger partial charge in [-0.25, -0.2) is 0 Å². The second-order valence-corrected chi connectivity index (χ2v) is 5.82. The van der Waals surface area contributed by atoms with Crippen LogP contribution in [0.5, 0.6) is 0 Å². The molecule has 0 spiro atoms. The zero-order chi connectivity index (χ0) is 13.6. The maximum absolute atomic E-state index is 12.0. The molecule has 1 fully saturated rings. The van der Waals surface area contributed by atoms with E-state index >= 15 is 0 Å². The number of rotatable bonds is 8. The number of amides is 2. The third-order valence-electron chi connectivity index (χ3n) is 3.62. The Balaban J connectivity index is 2.23. The molecule has 2 N–H and O–H groups in total. The van der Waals surface area contributed by atoms with Crippen LogP contribution >= 0.6 is 0 Å². The van der Waals surface area contributed by atoms with Crippen LogP contribution in [0.15, 0.2) is 0 Å². The van der Waals surface area contributed by atoms with Crippen molar-refractivity contribution in [3.05, 3.63) is 0 Å². The van der Waals surface area contributed by atoms with E-state index in [0.717, 1.165) is 12.8 Å². The smallest absolute Gasteiger partial charge is 0.244 e. The van der Waals surface area contributed by atoms with Gasteiger partial charge in [0.05, 0.1) is 0 Å². The first kappa shape index (κ1) is 15.0. The molecular formula is C14H26N2O2. The lowest BCUT2D eigenvalue weighted by molar-refractivity contribution is -0.137. The van der Waals surface area contributed by atoms with Crippen LogP contribution in [-0.4, -0.2) is 24.4 Å². The molecule has 1 rings (SSSR count). The number of hydrogen-bond donors (Lipinski definition) is 2. The summed E-state index contributed by atoms with van der Waals surface area (Å²) in [5.74, 6) is -0.0695. The van der Waals surface area contributed by atoms with Gasteiger partial charge in [0.2, 0.25) is 11.8 Å². The first-order chi connectivity index (χ1) is 8.47. The van der Waals surface area contributed by atoms with Crippen LogP contribution in [0, 0.1) is 5.41 Å². The molecule has 4 nitrogen and oxygen atoms in total. The van der Waals surface area contributed by atoms with Crippen molar-refractivity contribution in [1.29, 1.82) is 0 Å². The van der Waals surface area contributed by atoms with E-state index in [1.165, 1.54) is 25.7 Å². The SMILES string of the molecule is CCCCCCCC(C)(C)C(=O)N[C@H]1CNC1=O. The Labute approximate surface area is 110 Å². The molecule has 4 heteroatoms. The van der Waals surface area contributed by atoms with Gasteiger partial charge in [0, 0.05) is 12.0 Å². The van der Waals surface area contributed by atoms with Crippen LogP contribution in [-0.2, 0) is 9.59 Å². The van der Waals surface area contributed by atoms with E-state index in [1.54, 1.807) is 0 Å². The number of unbranched alkanes of at least 4 members (excludes halogenated alkanes) is 4. The van der Waals surface area contributed by atoms with E-state index in [0.29, 0.717) is 6.54 Å². The van der Waals surface area contributed by atoms with Crippen molar-refractivity contribution < 1.29 is 9.59 Å². The standard InChI is InChI=1S/C14H26N2O2/c1-4-5-6-7-8-9-14(2,3)13(18)16-11-10-15-12(11)17/h11H,4-10H2,1-3H3,(H,15,17)(H,16,18)/t11-/m0/s1. The Hall–Kier alpha value is -1.06. The molecule has 0 aromatic heterocycles. The van der Waals surface area contributed by atoms with Gasteiger partial charge in [-0.05, 0) is 6.42 Å². The van der Waals surface area contributed by atoms with E-state index in [9.17, 15) is 9.59 Å². The molecule has 1 heterocycles. The highest BCUT2D eigenvalue weighted by atomic mass is 16.2. The molecule has 0 aliphatic carbocycles. The van der Waals surface area contributed by atoms with Crippen molar-refractivity contribution in [3.8, 4) is 0 Å². The Bertz CT molecular complexity index is 300. The summed E-state index contributed by atoms with van der Waals surface area (Å²) in [6.45, 7) is 6.68. The summed E-state index contributed by atoms with van der Waals surface area (Å²) in [5, 5.41) is 5.44. The number of carbonyl (C=O) groups is 2. The summed E-state index contributed by atoms with van der Waals surface area (Å²) in [4.78, 5) is 23.1. The lowest BCUT2D eigenvalue weighted by atomic mass is 9.85. The van der Waals surface area contributed by atoms with Gasteiger partial charge >= 0.3 is 0 Å². The first-order valence-corrected chi connectivity index (χ1v) is 7.06. The third kappa shape index (κ3) is 4.31. The van der Waals surface area contributed by atoms with Gasteiger partial charge in [-0.2, -0.15) is 0 Å². The highest BCUT2D eigenvalue weighted by Gasteiger charge is 2.34. The van der Waals surface area contributed by atoms with Crippen LogP contribution in [0.4, 0.5) is 0 Å². The molecule has 2 amide bonds. The van der Waals surface area contributed by atoms with Crippen molar-refractivity contribution in [2.24, 2.45) is 5.41 Å². The zero-order valence-corrected chi connectivity index (χ0v) is 11.8. The lowest BCUT2D eigenvalue weighted by Crippen LogP contribution is -2.63. The van der Waals surface area contributed by atoms with Crippen molar-refractivity contribution in [2.75, 3.05) is 6.54 Å². The molecule has 0 radical (unpaired) electrons. The molecule has 1 atom stereocenters. The fourth-order valence-corrected chi connectivity index (χ4v) is 2.04. The van der Waals surface area contributed by atoms with Crippen molar-refractivity contribution in [2.45, 2.75) is 65.3 Å². The quantitative estimate of drug-likeness (QED) is 0.514. The molecule has 18 heavy (non-hydrogen) atoms. The van der Waals surface area contributed by atoms with Gasteiger partial charge < -0.3 is 10.6 Å². The minimum atomic E-state index is -0.373. The van der Waals surface area contributed by atoms with Crippen molar-refractivity contribution in [3.63, 3.8) is 0 Å². The zero-order valence-electron chi connectivity index (χ0n) is 11.8. The average Bonchev–Trinajstić information content (AvgIpc) is 2.33. The van der Waals surface area contributed by atoms with E-state index in [4.69, 9.17) is 0 Å². The van der Waals surface area contributed by atoms with E-state index in [1.807, 2.05) is 13.8 Å². The summed E-state index contributed by atoms with van der Waals surface area (Å²) in [6, 6.07) is -0.308. The second-order valence-electron chi connectivity index (χ2n) is 5.82. The third-order valence-corrected chi connectivity index (χ3v) is 3.62. The van der Waals surface area contributed by atoms with Gasteiger partial charge in [-0.3, -0.25) is 9.59 Å². The molecule has 1 aliphatic rings. The summed E-state index contributed by atoms with van der Waals surface area (Å²) < 4.78 is 0. The van der Waals surface area contributed by atoms with Crippen LogP contribution < -0.4 is 10.6 Å². The first-order valence-electron chi connectivity index (χ1n) is 7.06. The molecule has 0 bridgehead atoms. The topological polar surface area (TPSA) is 58.2 Å². The van der Waals surface area contributed by atoms with Gasteiger partial charge in [0.15, 0.2) is 0 Å². The molecule has 0 aromatic carbocycles. The van der Waals surface area contributed by atoms with Gasteiger partial charge in [0.25, 0.3) is 0 Å². The van der Waals surface area contributed by atoms with E-state index in [-0.39, 0.29) is 23.3 Å². The summed E-state index contributed by atoms with van der Waals surface area (Å²) in [5.41, 5.74) is -0.373. The average molecular weight is 254 g/mol. The van der Waals surface area contributed by atoms with E-state index in [2.05, 4.69) is 17.6 Å². The predicted molar refractivity (Wildman–Crippen MR) is 72.1 cm³/mol. The Morgan fingerprint density at radius 1 is 1.33 bits per heavy atom. The maximum atomic E-state index is 12.0. The molecule has 1 aliphatic heterocycles. The number of carbonyl (C=O) groups excluding carboxylic acids is 2. The predicted octanol–water partition coefficient (Wildman–Crippen LogP) is 1.99. The summed E-state index contributed by atoms with van der Waals surface area (Å²) >= 11 is 0. The molecule has 0 aromatic rings. The van der Waals surface area contributed by atoms with Crippen LogP contribution in [0.1, 0.15) is 59.3 Å². The molecule has 0 unspecified atom stereocenters. The molecule has 1 saturated heterocycles. The van der Waals surface area contributed by atoms with Crippen molar-refractivity contribution in [1.82, 2.24) is 10.6 Å². The maximum Gasteiger partial charge on any atom is 0.244 e. The fraction of sp³-hybridized carbons (Fsp3) is 0.857.